The van der Waals surface area contributed by atoms with Crippen molar-refractivity contribution in [2.75, 3.05) is 5.32 Å². The van der Waals surface area contributed by atoms with Gasteiger partial charge in [-0.1, -0.05) is 18.7 Å². The number of nitrogens with two attached hydrogens (primary N) is 2. The van der Waals surface area contributed by atoms with Crippen LogP contribution in [0.4, 0.5) is 18.9 Å². The SMILES string of the molecule is C=C(/N=C(\C=C(N)N)C(F)(F)c1ccc(F)cc1)Nc1ccc(CC(=O)O)cc1. The van der Waals surface area contributed by atoms with E-state index >= 15 is 0 Å². The minimum Gasteiger partial charge on any atom is -0.481 e. The van der Waals surface area contributed by atoms with Crippen molar-refractivity contribution in [3.8, 4) is 0 Å². The highest BCUT2D eigenvalue weighted by molar-refractivity contribution is 6.02. The summed E-state index contributed by atoms with van der Waals surface area (Å²) >= 11 is 0. The summed E-state index contributed by atoms with van der Waals surface area (Å²) in [4.78, 5) is 14.5. The monoisotopic (exact) mass is 404 g/mol. The number of hydrogen-bond acceptors (Lipinski definition) is 5. The van der Waals surface area contributed by atoms with Gasteiger partial charge in [0, 0.05) is 17.3 Å². The topological polar surface area (TPSA) is 114 Å². The number of allylic oxidation sites excluding steroid dienone is 1. The van der Waals surface area contributed by atoms with Gasteiger partial charge in [0.2, 0.25) is 0 Å². The molecule has 6 N–H and O–H groups in total. The van der Waals surface area contributed by atoms with E-state index in [1.807, 2.05) is 0 Å². The highest BCUT2D eigenvalue weighted by Gasteiger charge is 2.37. The summed E-state index contributed by atoms with van der Waals surface area (Å²) in [7, 11) is 0. The molecule has 0 radical (unpaired) electrons. The van der Waals surface area contributed by atoms with Gasteiger partial charge in [-0.25, -0.2) is 9.38 Å². The van der Waals surface area contributed by atoms with Crippen molar-refractivity contribution in [3.05, 3.63) is 89.8 Å². The minimum absolute atomic E-state index is 0.134. The Balaban J connectivity index is 2.27. The third kappa shape index (κ3) is 6.13. The summed E-state index contributed by atoms with van der Waals surface area (Å²) < 4.78 is 42.8. The maximum Gasteiger partial charge on any atom is 0.315 e. The molecule has 9 heteroatoms. The van der Waals surface area contributed by atoms with E-state index in [4.69, 9.17) is 16.6 Å². The molecule has 152 valence electrons. The van der Waals surface area contributed by atoms with Crippen molar-refractivity contribution in [1.29, 1.82) is 0 Å². The number of carboxylic acid groups (broad SMARTS) is 1. The lowest BCUT2D eigenvalue weighted by Crippen LogP contribution is -2.27. The highest BCUT2D eigenvalue weighted by atomic mass is 19.3. The summed E-state index contributed by atoms with van der Waals surface area (Å²) in [6.45, 7) is 3.59. The number of carboxylic acids is 1. The van der Waals surface area contributed by atoms with Gasteiger partial charge in [-0.2, -0.15) is 8.78 Å². The first-order chi connectivity index (χ1) is 13.6. The summed E-state index contributed by atoms with van der Waals surface area (Å²) in [6.07, 6.45) is 0.653. The van der Waals surface area contributed by atoms with E-state index in [9.17, 15) is 18.0 Å². The molecule has 0 amide bonds. The molecule has 0 bridgehead atoms. The second-order valence-electron chi connectivity index (χ2n) is 6.06. The minimum atomic E-state index is -3.62. The summed E-state index contributed by atoms with van der Waals surface area (Å²) in [6, 6.07) is 9.93. The van der Waals surface area contributed by atoms with E-state index in [1.54, 1.807) is 24.3 Å². The van der Waals surface area contributed by atoms with Crippen LogP contribution >= 0.6 is 0 Å². The van der Waals surface area contributed by atoms with Crippen molar-refractivity contribution in [3.63, 3.8) is 0 Å². The molecule has 0 aliphatic carbocycles. The fourth-order valence-electron chi connectivity index (χ4n) is 2.38. The standard InChI is InChI=1S/C20H19F3N4O2/c1-12(26-16-8-2-13(3-9-16)10-19(28)29)27-17(11-18(24)25)20(22,23)14-4-6-15(21)7-5-14/h2-9,11,26H,1,10,24-25H2,(H,28,29)/b27-17+. The highest BCUT2D eigenvalue weighted by Crippen LogP contribution is 2.31. The molecule has 0 spiro atoms. The lowest BCUT2D eigenvalue weighted by atomic mass is 10.0. The van der Waals surface area contributed by atoms with Crippen LogP contribution in [-0.2, 0) is 17.1 Å². The molecule has 0 heterocycles. The average Bonchev–Trinajstić information content (AvgIpc) is 2.62. The Hall–Kier alpha value is -3.75. The fourth-order valence-corrected chi connectivity index (χ4v) is 2.38. The largest absolute Gasteiger partial charge is 0.481 e. The van der Waals surface area contributed by atoms with E-state index in [0.717, 1.165) is 30.3 Å². The molecule has 2 aromatic carbocycles. The van der Waals surface area contributed by atoms with Gasteiger partial charge in [-0.15, -0.1) is 0 Å². The zero-order valence-corrected chi connectivity index (χ0v) is 15.2. The Kier molecular flexibility index (Phi) is 6.66. The maximum absolute atomic E-state index is 14.9. The van der Waals surface area contributed by atoms with Gasteiger partial charge in [0.1, 0.15) is 17.3 Å². The van der Waals surface area contributed by atoms with Crippen LogP contribution in [-0.4, -0.2) is 16.8 Å². The van der Waals surface area contributed by atoms with Crippen molar-refractivity contribution in [1.82, 2.24) is 0 Å². The Morgan fingerprint density at radius 2 is 1.72 bits per heavy atom. The first-order valence-corrected chi connectivity index (χ1v) is 8.30. The first kappa shape index (κ1) is 21.5. The molecule has 0 aromatic heterocycles. The Morgan fingerprint density at radius 3 is 2.24 bits per heavy atom. The van der Waals surface area contributed by atoms with Crippen LogP contribution in [0.2, 0.25) is 0 Å². The lowest BCUT2D eigenvalue weighted by molar-refractivity contribution is -0.136. The van der Waals surface area contributed by atoms with Crippen molar-refractivity contribution < 1.29 is 23.1 Å². The van der Waals surface area contributed by atoms with Gasteiger partial charge in [-0.05, 0) is 42.0 Å². The molecule has 0 fully saturated rings. The van der Waals surface area contributed by atoms with Crippen molar-refractivity contribution >= 4 is 17.4 Å². The van der Waals surface area contributed by atoms with E-state index in [-0.39, 0.29) is 12.2 Å². The number of carbonyl (C=O) groups is 1. The third-order valence-corrected chi connectivity index (χ3v) is 3.69. The summed E-state index contributed by atoms with van der Waals surface area (Å²) in [5, 5.41) is 11.5. The van der Waals surface area contributed by atoms with E-state index in [2.05, 4.69) is 16.9 Å². The third-order valence-electron chi connectivity index (χ3n) is 3.69. The van der Waals surface area contributed by atoms with Gasteiger partial charge >= 0.3 is 11.9 Å². The molecule has 2 rings (SSSR count). The molecule has 0 aliphatic heterocycles. The van der Waals surface area contributed by atoms with Crippen molar-refractivity contribution in [2.24, 2.45) is 16.5 Å². The molecule has 29 heavy (non-hydrogen) atoms. The zero-order valence-electron chi connectivity index (χ0n) is 15.2. The van der Waals surface area contributed by atoms with Gasteiger partial charge < -0.3 is 21.9 Å². The number of halogens is 3. The summed E-state index contributed by atoms with van der Waals surface area (Å²) in [5.74, 6) is -5.78. The van der Waals surface area contributed by atoms with Gasteiger partial charge in [-0.3, -0.25) is 4.79 Å². The Morgan fingerprint density at radius 1 is 1.14 bits per heavy atom. The average molecular weight is 404 g/mol. The lowest BCUT2D eigenvalue weighted by Gasteiger charge is -2.18. The Bertz CT molecular complexity index is 949. The van der Waals surface area contributed by atoms with Crippen LogP contribution in [0.15, 0.2) is 77.8 Å². The molecule has 2 aromatic rings. The number of nitrogens with one attached hydrogen (secondary N) is 1. The molecule has 0 unspecified atom stereocenters. The van der Waals surface area contributed by atoms with E-state index in [0.29, 0.717) is 11.3 Å². The predicted molar refractivity (Wildman–Crippen MR) is 105 cm³/mol. The molecule has 0 saturated heterocycles. The first-order valence-electron chi connectivity index (χ1n) is 8.30. The molecule has 0 saturated carbocycles. The van der Waals surface area contributed by atoms with Gasteiger partial charge in [0.25, 0.3) is 0 Å². The number of anilines is 1. The zero-order chi connectivity index (χ0) is 21.6. The van der Waals surface area contributed by atoms with Crippen LogP contribution < -0.4 is 16.8 Å². The van der Waals surface area contributed by atoms with Crippen LogP contribution in [0, 0.1) is 5.82 Å². The molecular weight excluding hydrogens is 385 g/mol. The number of aliphatic imine (C=N–C) groups is 1. The number of aliphatic carboxylic acids is 1. The number of hydrogen-bond donors (Lipinski definition) is 4. The van der Waals surface area contributed by atoms with Crippen LogP contribution in [0.1, 0.15) is 11.1 Å². The normalized spacial score (nSPS) is 11.6. The predicted octanol–water partition coefficient (Wildman–Crippen LogP) is 3.33. The van der Waals surface area contributed by atoms with Crippen LogP contribution in [0.5, 0.6) is 0 Å². The molecular formula is C20H19F3N4O2. The molecule has 0 aliphatic rings. The Labute approximate surface area is 165 Å². The van der Waals surface area contributed by atoms with Gasteiger partial charge in [0.05, 0.1) is 12.2 Å². The number of nitrogens with zero attached hydrogens (tertiary/aromatic N) is 1. The second-order valence-corrected chi connectivity index (χ2v) is 6.06. The maximum atomic E-state index is 14.9. The molecule has 6 nitrogen and oxygen atoms in total. The van der Waals surface area contributed by atoms with Crippen LogP contribution in [0.25, 0.3) is 0 Å². The van der Waals surface area contributed by atoms with E-state index < -0.39 is 34.8 Å². The number of rotatable bonds is 8. The quantitative estimate of drug-likeness (QED) is 0.504. The smallest absolute Gasteiger partial charge is 0.315 e. The number of benzene rings is 2. The van der Waals surface area contributed by atoms with Crippen molar-refractivity contribution in [2.45, 2.75) is 12.3 Å². The molecule has 0 atom stereocenters. The van der Waals surface area contributed by atoms with Crippen LogP contribution in [0.3, 0.4) is 0 Å². The van der Waals surface area contributed by atoms with Gasteiger partial charge in [0.15, 0.2) is 0 Å². The summed E-state index contributed by atoms with van der Waals surface area (Å²) in [5.41, 5.74) is 10.4. The van der Waals surface area contributed by atoms with E-state index in [1.165, 1.54) is 0 Å². The fraction of sp³-hybridized carbons (Fsp3) is 0.100. The second kappa shape index (κ2) is 8.96. The number of alkyl halides is 2.